The lowest BCUT2D eigenvalue weighted by atomic mass is 10.1. The largest absolute Gasteiger partial charge is 0.306 e. The van der Waals surface area contributed by atoms with Crippen molar-refractivity contribution in [3.05, 3.63) is 69.3 Å². The summed E-state index contributed by atoms with van der Waals surface area (Å²) in [6.07, 6.45) is 3.18. The number of unbranched alkanes of at least 4 members (excludes halogenated alkanes) is 2. The summed E-state index contributed by atoms with van der Waals surface area (Å²) in [5.41, 5.74) is 4.08. The molecule has 1 amide bonds. The number of hydrogen-bond acceptors (Lipinski definition) is 4. The Labute approximate surface area is 185 Å². The third-order valence-electron chi connectivity index (χ3n) is 5.10. The minimum absolute atomic E-state index is 0.0601. The van der Waals surface area contributed by atoms with Crippen LogP contribution >= 0.6 is 22.9 Å². The van der Waals surface area contributed by atoms with Crippen LogP contribution in [0.15, 0.2) is 64.0 Å². The molecule has 30 heavy (non-hydrogen) atoms. The molecule has 0 atom stereocenters. The van der Waals surface area contributed by atoms with Gasteiger partial charge in [0, 0.05) is 35.1 Å². The number of thiazole rings is 1. The van der Waals surface area contributed by atoms with Gasteiger partial charge in [-0.25, -0.2) is 4.68 Å². The van der Waals surface area contributed by atoms with Gasteiger partial charge in [0.05, 0.1) is 11.4 Å². The van der Waals surface area contributed by atoms with Gasteiger partial charge < -0.3 is 4.90 Å². The molecule has 2 heterocycles. The number of amides is 1. The van der Waals surface area contributed by atoms with E-state index in [9.17, 15) is 4.79 Å². The predicted molar refractivity (Wildman–Crippen MR) is 124 cm³/mol. The minimum Gasteiger partial charge on any atom is -0.306 e. The number of anilines is 1. The number of rotatable bonds is 6. The zero-order valence-electron chi connectivity index (χ0n) is 17.0. The van der Waals surface area contributed by atoms with Crippen molar-refractivity contribution in [3.63, 3.8) is 0 Å². The molecular weight excluding hydrogens is 416 g/mol. The van der Waals surface area contributed by atoms with Crippen LogP contribution in [0.3, 0.4) is 0 Å². The maximum absolute atomic E-state index is 13.3. The van der Waals surface area contributed by atoms with Crippen LogP contribution in [0.4, 0.5) is 5.69 Å². The van der Waals surface area contributed by atoms with Crippen molar-refractivity contribution >= 4 is 40.2 Å². The minimum atomic E-state index is -0.0601. The van der Waals surface area contributed by atoms with E-state index in [2.05, 4.69) is 11.9 Å². The number of hydrogen-bond donors (Lipinski definition) is 0. The van der Waals surface area contributed by atoms with Crippen LogP contribution in [0.25, 0.3) is 11.3 Å². The highest BCUT2D eigenvalue weighted by atomic mass is 35.5. The number of benzene rings is 2. The van der Waals surface area contributed by atoms with Crippen LogP contribution in [-0.2, 0) is 4.79 Å². The van der Waals surface area contributed by atoms with E-state index < -0.39 is 0 Å². The Morgan fingerprint density at radius 2 is 1.83 bits per heavy atom. The summed E-state index contributed by atoms with van der Waals surface area (Å²) >= 11 is 7.54. The van der Waals surface area contributed by atoms with Gasteiger partial charge in [-0.05, 0) is 24.6 Å². The summed E-state index contributed by atoms with van der Waals surface area (Å²) in [5.74, 6) is -0.0601. The number of halogens is 1. The van der Waals surface area contributed by atoms with E-state index in [1.165, 1.54) is 11.3 Å². The van der Waals surface area contributed by atoms with Gasteiger partial charge in [0.2, 0.25) is 4.80 Å². The quantitative estimate of drug-likeness (QED) is 0.488. The molecule has 0 saturated carbocycles. The first-order valence-corrected chi connectivity index (χ1v) is 11.3. The molecule has 2 aromatic carbocycles. The SMILES string of the molecule is CCCCCN1C(=O)/C(=N\n2c(-c3ccc(Cl)cc3)csc2=NC)c2ccccc21. The van der Waals surface area contributed by atoms with E-state index in [0.29, 0.717) is 17.3 Å². The third kappa shape index (κ3) is 3.85. The van der Waals surface area contributed by atoms with Crippen molar-refractivity contribution in [2.75, 3.05) is 18.5 Å². The maximum Gasteiger partial charge on any atom is 0.279 e. The average Bonchev–Trinajstić information content (AvgIpc) is 3.29. The molecule has 154 valence electrons. The van der Waals surface area contributed by atoms with Gasteiger partial charge in [0.15, 0.2) is 5.71 Å². The van der Waals surface area contributed by atoms with Crippen LogP contribution < -0.4 is 9.70 Å². The number of aromatic nitrogens is 1. The van der Waals surface area contributed by atoms with E-state index in [0.717, 1.165) is 46.6 Å². The standard InChI is InChI=1S/C23H23ClN4OS/c1-3-4-7-14-27-19-9-6-5-8-18(19)21(22(27)29)26-28-20(15-30-23(28)25-2)16-10-12-17(24)13-11-16/h5-6,8-13,15H,3-4,7,14H2,1-2H3/b25-23?,26-21-. The Balaban J connectivity index is 1.81. The van der Waals surface area contributed by atoms with Gasteiger partial charge in [-0.3, -0.25) is 9.79 Å². The van der Waals surface area contributed by atoms with Crippen LogP contribution in [-0.4, -0.2) is 29.9 Å². The van der Waals surface area contributed by atoms with Crippen LogP contribution in [0, 0.1) is 0 Å². The molecule has 0 spiro atoms. The second kappa shape index (κ2) is 8.98. The van der Waals surface area contributed by atoms with Crippen molar-refractivity contribution in [1.82, 2.24) is 4.68 Å². The Bertz CT molecular complexity index is 1160. The molecule has 0 fully saturated rings. The summed E-state index contributed by atoms with van der Waals surface area (Å²) < 4.78 is 1.76. The molecular formula is C23H23ClN4OS. The smallest absolute Gasteiger partial charge is 0.279 e. The van der Waals surface area contributed by atoms with E-state index in [1.54, 1.807) is 11.7 Å². The predicted octanol–water partition coefficient (Wildman–Crippen LogP) is 5.19. The lowest BCUT2D eigenvalue weighted by molar-refractivity contribution is -0.112. The van der Waals surface area contributed by atoms with Crippen LogP contribution in [0.5, 0.6) is 0 Å². The molecule has 0 saturated heterocycles. The number of nitrogens with zero attached hydrogens (tertiary/aromatic N) is 4. The van der Waals surface area contributed by atoms with Crippen LogP contribution in [0.1, 0.15) is 31.7 Å². The van der Waals surface area contributed by atoms with Crippen molar-refractivity contribution in [1.29, 1.82) is 0 Å². The highest BCUT2D eigenvalue weighted by Crippen LogP contribution is 2.30. The first-order chi connectivity index (χ1) is 14.6. The number of para-hydroxylation sites is 1. The molecule has 1 aromatic heterocycles. The molecule has 1 aliphatic rings. The summed E-state index contributed by atoms with van der Waals surface area (Å²) in [6, 6.07) is 15.4. The van der Waals surface area contributed by atoms with E-state index in [-0.39, 0.29) is 5.91 Å². The first kappa shape index (κ1) is 20.6. The molecule has 1 aliphatic heterocycles. The zero-order valence-corrected chi connectivity index (χ0v) is 18.6. The molecule has 0 bridgehead atoms. The number of carbonyl (C=O) groups is 1. The molecule has 7 heteroatoms. The lowest BCUT2D eigenvalue weighted by Gasteiger charge is -2.16. The highest BCUT2D eigenvalue weighted by molar-refractivity contribution is 7.07. The molecule has 0 aliphatic carbocycles. The maximum atomic E-state index is 13.3. The molecule has 0 radical (unpaired) electrons. The summed E-state index contributed by atoms with van der Waals surface area (Å²) in [5, 5.41) is 7.49. The van der Waals surface area contributed by atoms with Gasteiger partial charge in [0.25, 0.3) is 5.91 Å². The van der Waals surface area contributed by atoms with Gasteiger partial charge in [0.1, 0.15) is 0 Å². The van der Waals surface area contributed by atoms with Crippen molar-refractivity contribution < 1.29 is 4.79 Å². The lowest BCUT2D eigenvalue weighted by Crippen LogP contribution is -2.31. The normalized spacial score (nSPS) is 15.3. The third-order valence-corrected chi connectivity index (χ3v) is 6.26. The average molecular weight is 439 g/mol. The molecule has 4 rings (SSSR count). The molecule has 0 unspecified atom stereocenters. The Morgan fingerprint density at radius 1 is 1.07 bits per heavy atom. The summed E-state index contributed by atoms with van der Waals surface area (Å²) in [6.45, 7) is 2.86. The summed E-state index contributed by atoms with van der Waals surface area (Å²) in [4.78, 5) is 20.2. The van der Waals surface area contributed by atoms with Crippen molar-refractivity contribution in [3.8, 4) is 11.3 Å². The Hall–Kier alpha value is -2.70. The van der Waals surface area contributed by atoms with E-state index in [1.807, 2.05) is 58.8 Å². The van der Waals surface area contributed by atoms with Crippen molar-refractivity contribution in [2.45, 2.75) is 26.2 Å². The fourth-order valence-corrected chi connectivity index (χ4v) is 4.49. The van der Waals surface area contributed by atoms with E-state index in [4.69, 9.17) is 16.7 Å². The highest BCUT2D eigenvalue weighted by Gasteiger charge is 2.33. The summed E-state index contributed by atoms with van der Waals surface area (Å²) in [7, 11) is 1.73. The van der Waals surface area contributed by atoms with E-state index >= 15 is 0 Å². The molecule has 3 aromatic rings. The fourth-order valence-electron chi connectivity index (χ4n) is 3.57. The number of carbonyl (C=O) groups excluding carboxylic acids is 1. The fraction of sp³-hybridized carbons (Fsp3) is 0.261. The second-order valence-electron chi connectivity index (χ2n) is 7.08. The zero-order chi connectivity index (χ0) is 21.1. The molecule has 0 N–H and O–H groups in total. The first-order valence-electron chi connectivity index (χ1n) is 10.0. The van der Waals surface area contributed by atoms with Gasteiger partial charge in [-0.2, -0.15) is 5.10 Å². The van der Waals surface area contributed by atoms with Gasteiger partial charge in [-0.1, -0.05) is 61.7 Å². The second-order valence-corrected chi connectivity index (χ2v) is 8.35. The van der Waals surface area contributed by atoms with Gasteiger partial charge in [-0.15, -0.1) is 11.3 Å². The Kier molecular flexibility index (Phi) is 6.16. The van der Waals surface area contributed by atoms with Gasteiger partial charge >= 0.3 is 0 Å². The number of fused-ring (bicyclic) bond motifs is 1. The Morgan fingerprint density at radius 3 is 2.57 bits per heavy atom. The van der Waals surface area contributed by atoms with Crippen molar-refractivity contribution in [2.24, 2.45) is 10.1 Å². The monoisotopic (exact) mass is 438 g/mol. The topological polar surface area (TPSA) is 50.0 Å². The van der Waals surface area contributed by atoms with Crippen LogP contribution in [0.2, 0.25) is 5.02 Å². The molecule has 5 nitrogen and oxygen atoms in total.